The van der Waals surface area contributed by atoms with Crippen molar-refractivity contribution in [1.29, 1.82) is 0 Å². The van der Waals surface area contributed by atoms with Crippen LogP contribution in [-0.4, -0.2) is 28.3 Å². The van der Waals surface area contributed by atoms with Crippen molar-refractivity contribution in [3.8, 4) is 0 Å². The van der Waals surface area contributed by atoms with Gasteiger partial charge in [-0.25, -0.2) is 4.99 Å². The summed E-state index contributed by atoms with van der Waals surface area (Å²) < 4.78 is 1.96. The monoisotopic (exact) mass is 455 g/mol. The second-order valence-corrected chi connectivity index (χ2v) is 6.40. The quantitative estimate of drug-likeness (QED) is 0.381. The van der Waals surface area contributed by atoms with E-state index in [0.717, 1.165) is 24.6 Å². The highest BCUT2D eigenvalue weighted by Crippen LogP contribution is 2.05. The van der Waals surface area contributed by atoms with Gasteiger partial charge in [-0.05, 0) is 25.3 Å². The van der Waals surface area contributed by atoms with E-state index in [0.29, 0.717) is 18.5 Å². The maximum absolute atomic E-state index is 4.67. The number of aliphatic imine (C=N–C) groups is 1. The van der Waals surface area contributed by atoms with E-state index >= 15 is 0 Å². The summed E-state index contributed by atoms with van der Waals surface area (Å²) >= 11 is 0. The smallest absolute Gasteiger partial charge is 0.191 e. The third-order valence-corrected chi connectivity index (χ3v) is 4.00. The highest BCUT2D eigenvalue weighted by Gasteiger charge is 2.09. The summed E-state index contributed by atoms with van der Waals surface area (Å²) in [6, 6.07) is 10.7. The Morgan fingerprint density at radius 2 is 1.88 bits per heavy atom. The molecule has 0 spiro atoms. The van der Waals surface area contributed by atoms with Crippen LogP contribution in [0.3, 0.4) is 0 Å². The van der Waals surface area contributed by atoms with E-state index in [-0.39, 0.29) is 24.0 Å². The van der Waals surface area contributed by atoms with Gasteiger partial charge in [-0.1, -0.05) is 44.2 Å². The predicted octanol–water partition coefficient (Wildman–Crippen LogP) is 3.65. The molecule has 138 valence electrons. The first-order valence-corrected chi connectivity index (χ1v) is 8.68. The Hall–Kier alpha value is -1.57. The molecule has 0 aliphatic carbocycles. The maximum Gasteiger partial charge on any atom is 0.191 e. The average molecular weight is 455 g/mol. The lowest BCUT2D eigenvalue weighted by Gasteiger charge is -2.20. The Morgan fingerprint density at radius 3 is 2.52 bits per heavy atom. The van der Waals surface area contributed by atoms with Gasteiger partial charge in [0.2, 0.25) is 0 Å². The molecule has 2 N–H and O–H groups in total. The highest BCUT2D eigenvalue weighted by molar-refractivity contribution is 14.0. The van der Waals surface area contributed by atoms with Crippen LogP contribution >= 0.6 is 24.0 Å². The Bertz CT molecular complexity index is 636. The zero-order valence-electron chi connectivity index (χ0n) is 15.6. The summed E-state index contributed by atoms with van der Waals surface area (Å²) in [6.45, 7) is 10.9. The summed E-state index contributed by atoms with van der Waals surface area (Å²) in [6.07, 6.45) is 3.95. The van der Waals surface area contributed by atoms with Gasteiger partial charge in [-0.2, -0.15) is 5.10 Å². The van der Waals surface area contributed by atoms with Crippen LogP contribution in [-0.2, 0) is 13.1 Å². The van der Waals surface area contributed by atoms with Crippen molar-refractivity contribution in [3.63, 3.8) is 0 Å². The molecule has 0 fully saturated rings. The van der Waals surface area contributed by atoms with Crippen LogP contribution in [0.15, 0.2) is 47.7 Å². The van der Waals surface area contributed by atoms with Crippen LogP contribution in [0, 0.1) is 5.92 Å². The molecule has 1 aromatic heterocycles. The fourth-order valence-corrected chi connectivity index (χ4v) is 2.22. The molecule has 0 saturated carbocycles. The molecule has 0 amide bonds. The maximum atomic E-state index is 4.67. The number of hydrogen-bond acceptors (Lipinski definition) is 2. The molecule has 0 aliphatic heterocycles. The van der Waals surface area contributed by atoms with Gasteiger partial charge in [-0.3, -0.25) is 4.68 Å². The fraction of sp³-hybridized carbons (Fsp3) is 0.474. The van der Waals surface area contributed by atoms with E-state index in [4.69, 9.17) is 0 Å². The molecule has 0 radical (unpaired) electrons. The largest absolute Gasteiger partial charge is 0.357 e. The van der Waals surface area contributed by atoms with E-state index in [1.165, 1.54) is 5.56 Å². The van der Waals surface area contributed by atoms with Crippen molar-refractivity contribution in [3.05, 3.63) is 53.9 Å². The van der Waals surface area contributed by atoms with Crippen LogP contribution < -0.4 is 10.6 Å². The summed E-state index contributed by atoms with van der Waals surface area (Å²) in [5.41, 5.74) is 2.36. The van der Waals surface area contributed by atoms with Gasteiger partial charge >= 0.3 is 0 Å². The molecule has 1 heterocycles. The Labute approximate surface area is 168 Å². The lowest BCUT2D eigenvalue weighted by Crippen LogP contribution is -2.44. The van der Waals surface area contributed by atoms with Gasteiger partial charge in [-0.15, -0.1) is 24.0 Å². The lowest BCUT2D eigenvalue weighted by molar-refractivity contribution is 0.481. The third kappa shape index (κ3) is 7.46. The zero-order chi connectivity index (χ0) is 17.4. The first-order valence-electron chi connectivity index (χ1n) is 8.68. The zero-order valence-corrected chi connectivity index (χ0v) is 17.9. The molecule has 0 bridgehead atoms. The summed E-state index contributed by atoms with van der Waals surface area (Å²) in [4.78, 5) is 4.67. The van der Waals surface area contributed by atoms with Crippen LogP contribution in [0.5, 0.6) is 0 Å². The molecule has 0 aliphatic rings. The predicted molar refractivity (Wildman–Crippen MR) is 115 cm³/mol. The number of guanidine groups is 1. The van der Waals surface area contributed by atoms with Gasteiger partial charge in [0.1, 0.15) is 0 Å². The van der Waals surface area contributed by atoms with Gasteiger partial charge in [0.05, 0.1) is 19.3 Å². The molecule has 6 heteroatoms. The van der Waals surface area contributed by atoms with Crippen molar-refractivity contribution in [2.75, 3.05) is 6.54 Å². The summed E-state index contributed by atoms with van der Waals surface area (Å²) in [5, 5.41) is 11.2. The molecule has 1 aromatic carbocycles. The molecule has 2 aromatic rings. The van der Waals surface area contributed by atoms with Gasteiger partial charge in [0, 0.05) is 24.3 Å². The number of rotatable bonds is 7. The number of benzene rings is 1. The number of aromatic nitrogens is 2. The first-order chi connectivity index (χ1) is 11.6. The minimum absolute atomic E-state index is 0. The van der Waals surface area contributed by atoms with Gasteiger partial charge in [0.15, 0.2) is 5.96 Å². The number of nitrogens with zero attached hydrogens (tertiary/aromatic N) is 3. The molecular weight excluding hydrogens is 425 g/mol. The fourth-order valence-electron chi connectivity index (χ4n) is 2.22. The van der Waals surface area contributed by atoms with Crippen LogP contribution in [0.4, 0.5) is 0 Å². The molecule has 1 unspecified atom stereocenters. The molecule has 25 heavy (non-hydrogen) atoms. The van der Waals surface area contributed by atoms with Crippen molar-refractivity contribution in [1.82, 2.24) is 20.4 Å². The van der Waals surface area contributed by atoms with E-state index < -0.39 is 0 Å². The Kier molecular flexibility index (Phi) is 9.55. The first kappa shape index (κ1) is 21.5. The molecule has 1 atom stereocenters. The molecule has 0 saturated heterocycles. The number of nitrogens with one attached hydrogen (secondary N) is 2. The average Bonchev–Trinajstić information content (AvgIpc) is 3.01. The van der Waals surface area contributed by atoms with Crippen molar-refractivity contribution in [2.24, 2.45) is 10.9 Å². The normalized spacial score (nSPS) is 12.6. The van der Waals surface area contributed by atoms with E-state index in [1.807, 2.05) is 29.1 Å². The third-order valence-electron chi connectivity index (χ3n) is 4.00. The Morgan fingerprint density at radius 1 is 1.16 bits per heavy atom. The summed E-state index contributed by atoms with van der Waals surface area (Å²) in [5.74, 6) is 1.41. The van der Waals surface area contributed by atoms with E-state index in [9.17, 15) is 0 Å². The number of hydrogen-bond donors (Lipinski definition) is 2. The number of halogens is 1. The molecule has 2 rings (SSSR count). The summed E-state index contributed by atoms with van der Waals surface area (Å²) in [7, 11) is 0. The van der Waals surface area contributed by atoms with Crippen molar-refractivity contribution in [2.45, 2.75) is 46.8 Å². The van der Waals surface area contributed by atoms with Crippen LogP contribution in [0.1, 0.15) is 38.8 Å². The topological polar surface area (TPSA) is 54.2 Å². The van der Waals surface area contributed by atoms with Crippen LogP contribution in [0.2, 0.25) is 0 Å². The highest BCUT2D eigenvalue weighted by atomic mass is 127. The van der Waals surface area contributed by atoms with E-state index in [2.05, 4.69) is 66.7 Å². The minimum Gasteiger partial charge on any atom is -0.357 e. The SMILES string of the molecule is CCNC(=NCc1cnn(Cc2ccccc2)c1)NC(C)C(C)C.I. The standard InChI is InChI=1S/C19H29N5.HI/c1-5-20-19(23-16(4)15(2)3)21-11-18-12-22-24(14-18)13-17-9-7-6-8-10-17;/h6-10,12,14-16H,5,11,13H2,1-4H3,(H2,20,21,23);1H. The second kappa shape index (κ2) is 11.1. The van der Waals surface area contributed by atoms with Crippen molar-refractivity contribution >= 4 is 29.9 Å². The molecule has 5 nitrogen and oxygen atoms in total. The van der Waals surface area contributed by atoms with Crippen molar-refractivity contribution < 1.29 is 0 Å². The minimum atomic E-state index is 0. The lowest BCUT2D eigenvalue weighted by atomic mass is 10.1. The second-order valence-electron chi connectivity index (χ2n) is 6.40. The van der Waals surface area contributed by atoms with Gasteiger partial charge < -0.3 is 10.6 Å². The Balaban J connectivity index is 0.00000312. The van der Waals surface area contributed by atoms with Crippen LogP contribution in [0.25, 0.3) is 0 Å². The van der Waals surface area contributed by atoms with Gasteiger partial charge in [0.25, 0.3) is 0 Å². The molecular formula is C19H30IN5. The van der Waals surface area contributed by atoms with E-state index in [1.54, 1.807) is 0 Å².